The molecule has 0 heterocycles. The number of benzene rings is 2. The second-order valence-electron chi connectivity index (χ2n) is 12.8. The van der Waals surface area contributed by atoms with Crippen LogP contribution in [0, 0.1) is 6.92 Å². The molecule has 3 aliphatic carbocycles. The van der Waals surface area contributed by atoms with Crippen molar-refractivity contribution in [3.63, 3.8) is 0 Å². The van der Waals surface area contributed by atoms with E-state index in [4.69, 9.17) is 0 Å². The van der Waals surface area contributed by atoms with Crippen LogP contribution in [0.5, 0.6) is 0 Å². The van der Waals surface area contributed by atoms with Crippen LogP contribution in [0.15, 0.2) is 36.4 Å². The van der Waals surface area contributed by atoms with Crippen LogP contribution in [-0.2, 0) is 40.0 Å². The van der Waals surface area contributed by atoms with Crippen molar-refractivity contribution in [1.29, 1.82) is 0 Å². The fourth-order valence-corrected chi connectivity index (χ4v) is 11.1. The molecule has 0 spiro atoms. The standard InChI is InChI=1S/C27H31.C6H10.2ClH.Zr/c1-17-24-20(14-19-15-21(26(2,3)4)12-13-22(19)24)16-23(27(5,6)7)25(17)18-10-8-9-11-18;1-2-4-6-5-3-1;;;/h8-10,12-13,15H,11,14H2,1-7H3;1-5H2;2*1H;/q;;;;+2/p-2. The fraction of sp³-hybridized carbons (Fsp3) is 0.485. The Balaban J connectivity index is 0.00000180. The van der Waals surface area contributed by atoms with E-state index in [0.717, 1.165) is 12.8 Å². The van der Waals surface area contributed by atoms with Crippen molar-refractivity contribution in [1.82, 2.24) is 0 Å². The van der Waals surface area contributed by atoms with Gasteiger partial charge in [-0.1, -0.05) is 0 Å². The SMILES string of the molecule is Cc1c(C2=CC=CC2)c(C(C)(C)C)[c]([Zr+2]=[C]2CCCCC2)c2c1-c1ccc(C(C)(C)C)cc1C2.[Cl-].[Cl-]. The molecule has 191 valence electrons. The molecule has 36 heavy (non-hydrogen) atoms. The molecule has 0 radical (unpaired) electrons. The summed E-state index contributed by atoms with van der Waals surface area (Å²) < 4.78 is 3.80. The van der Waals surface area contributed by atoms with Gasteiger partial charge in [-0.15, -0.1) is 0 Å². The zero-order valence-electron chi connectivity index (χ0n) is 23.2. The van der Waals surface area contributed by atoms with Crippen molar-refractivity contribution in [3.8, 4) is 11.1 Å². The van der Waals surface area contributed by atoms with E-state index in [1.807, 2.05) is 6.48 Å². The Bertz CT molecular complexity index is 1240. The van der Waals surface area contributed by atoms with Crippen LogP contribution in [0.25, 0.3) is 16.7 Å². The topological polar surface area (TPSA) is 0 Å². The molecule has 0 N–H and O–H groups in total. The number of halogens is 2. The molecule has 0 aromatic heterocycles. The van der Waals surface area contributed by atoms with Gasteiger partial charge in [-0.3, -0.25) is 0 Å². The van der Waals surface area contributed by atoms with Gasteiger partial charge in [-0.05, 0) is 0 Å². The largest absolute Gasteiger partial charge is 1.00 e. The molecular formula is C33H41Cl2Zr. The molecule has 0 amide bonds. The molecule has 0 aliphatic heterocycles. The summed E-state index contributed by atoms with van der Waals surface area (Å²) in [5.74, 6) is 0. The molecule has 5 rings (SSSR count). The summed E-state index contributed by atoms with van der Waals surface area (Å²) in [6.45, 7) is 16.9. The second-order valence-corrected chi connectivity index (χ2v) is 16.3. The van der Waals surface area contributed by atoms with Crippen molar-refractivity contribution in [2.45, 2.75) is 104 Å². The average molecular weight is 600 g/mol. The first-order chi connectivity index (χ1) is 16.1. The summed E-state index contributed by atoms with van der Waals surface area (Å²) >= 11 is -0.797. The van der Waals surface area contributed by atoms with Gasteiger partial charge in [0.05, 0.1) is 0 Å². The average Bonchev–Trinajstić information content (AvgIpc) is 3.42. The predicted octanol–water partition coefficient (Wildman–Crippen LogP) is 2.36. The summed E-state index contributed by atoms with van der Waals surface area (Å²) in [4.78, 5) is 0. The first kappa shape index (κ1) is 29.8. The summed E-state index contributed by atoms with van der Waals surface area (Å²) in [5.41, 5.74) is 14.6. The Morgan fingerprint density at radius 1 is 0.833 bits per heavy atom. The first-order valence-corrected chi connectivity index (χ1v) is 15.8. The molecular weight excluding hydrogens is 558 g/mol. The second kappa shape index (κ2) is 11.2. The van der Waals surface area contributed by atoms with Crippen LogP contribution >= 0.6 is 0 Å². The summed E-state index contributed by atoms with van der Waals surface area (Å²) in [7, 11) is 0. The molecule has 0 bridgehead atoms. The minimum Gasteiger partial charge on any atom is -1.00 e. The zero-order valence-corrected chi connectivity index (χ0v) is 27.1. The Morgan fingerprint density at radius 2 is 1.53 bits per heavy atom. The van der Waals surface area contributed by atoms with Crippen LogP contribution < -0.4 is 28.1 Å². The van der Waals surface area contributed by atoms with Crippen LogP contribution in [0.3, 0.4) is 0 Å². The molecule has 1 fully saturated rings. The first-order valence-electron chi connectivity index (χ1n) is 13.4. The van der Waals surface area contributed by atoms with Gasteiger partial charge in [-0.2, -0.15) is 0 Å². The van der Waals surface area contributed by atoms with Crippen molar-refractivity contribution in [3.05, 3.63) is 69.8 Å². The quantitative estimate of drug-likeness (QED) is 0.425. The number of hydrogen-bond donors (Lipinski definition) is 0. The van der Waals surface area contributed by atoms with E-state index in [2.05, 4.69) is 84.9 Å². The predicted molar refractivity (Wildman–Crippen MR) is 146 cm³/mol. The van der Waals surface area contributed by atoms with Gasteiger partial charge in [0.15, 0.2) is 0 Å². The van der Waals surface area contributed by atoms with Crippen LogP contribution in [0.2, 0.25) is 0 Å². The number of allylic oxidation sites excluding steroid dienone is 4. The molecule has 2 aromatic carbocycles. The van der Waals surface area contributed by atoms with Gasteiger partial charge < -0.3 is 24.8 Å². The van der Waals surface area contributed by atoms with E-state index in [0.29, 0.717) is 0 Å². The van der Waals surface area contributed by atoms with Crippen molar-refractivity contribution >= 4 is 12.1 Å². The van der Waals surface area contributed by atoms with Crippen molar-refractivity contribution < 1.29 is 47.6 Å². The van der Waals surface area contributed by atoms with Gasteiger partial charge in [0.1, 0.15) is 0 Å². The van der Waals surface area contributed by atoms with Crippen LogP contribution in [0.4, 0.5) is 0 Å². The molecule has 0 saturated heterocycles. The van der Waals surface area contributed by atoms with Gasteiger partial charge in [-0.25, -0.2) is 0 Å². The third kappa shape index (κ3) is 5.51. The molecule has 1 saturated carbocycles. The summed E-state index contributed by atoms with van der Waals surface area (Å²) in [5, 5.41) is 0. The Labute approximate surface area is 243 Å². The number of fused-ring (bicyclic) bond motifs is 3. The Kier molecular flexibility index (Phi) is 9.24. The molecule has 0 atom stereocenters. The zero-order chi connectivity index (χ0) is 24.3. The molecule has 0 unspecified atom stereocenters. The van der Waals surface area contributed by atoms with Crippen LogP contribution in [-0.4, -0.2) is 3.21 Å². The van der Waals surface area contributed by atoms with E-state index in [9.17, 15) is 0 Å². The third-order valence-corrected chi connectivity index (χ3v) is 12.1. The van der Waals surface area contributed by atoms with Crippen LogP contribution in [0.1, 0.15) is 113 Å². The monoisotopic (exact) mass is 597 g/mol. The van der Waals surface area contributed by atoms with Gasteiger partial charge >= 0.3 is 220 Å². The minimum atomic E-state index is -0.797. The maximum Gasteiger partial charge on any atom is -1.00 e. The van der Waals surface area contributed by atoms with Gasteiger partial charge in [0, 0.05) is 0 Å². The normalized spacial score (nSPS) is 16.5. The molecule has 3 aliphatic rings. The summed E-state index contributed by atoms with van der Waals surface area (Å²) in [6.07, 6.45) is 16.3. The Morgan fingerprint density at radius 3 is 2.11 bits per heavy atom. The van der Waals surface area contributed by atoms with E-state index >= 15 is 0 Å². The van der Waals surface area contributed by atoms with E-state index < -0.39 is 22.8 Å². The third-order valence-electron chi connectivity index (χ3n) is 8.06. The number of rotatable bonds is 2. The van der Waals surface area contributed by atoms with E-state index in [1.54, 1.807) is 33.4 Å². The maximum atomic E-state index is 2.53. The van der Waals surface area contributed by atoms with Crippen molar-refractivity contribution in [2.75, 3.05) is 0 Å². The molecule has 2 aromatic rings. The van der Waals surface area contributed by atoms with Gasteiger partial charge in [0.25, 0.3) is 0 Å². The molecule has 3 heteroatoms. The smallest absolute Gasteiger partial charge is 1.00 e. The number of hydrogen-bond acceptors (Lipinski definition) is 0. The Hall–Kier alpha value is -0.747. The fourth-order valence-electron chi connectivity index (χ4n) is 6.32. The van der Waals surface area contributed by atoms with Crippen molar-refractivity contribution in [2.24, 2.45) is 0 Å². The van der Waals surface area contributed by atoms with E-state index in [-0.39, 0.29) is 35.6 Å². The summed E-state index contributed by atoms with van der Waals surface area (Å²) in [6, 6.07) is 7.39. The van der Waals surface area contributed by atoms with Gasteiger partial charge in [0.2, 0.25) is 0 Å². The minimum absolute atomic E-state index is 0. The maximum absolute atomic E-state index is 2.53. The molecule has 0 nitrogen and oxygen atoms in total. The van der Waals surface area contributed by atoms with E-state index in [1.165, 1.54) is 48.8 Å².